The van der Waals surface area contributed by atoms with Gasteiger partial charge in [-0.15, -0.1) is 0 Å². The molecule has 0 aliphatic heterocycles. The van der Waals surface area contributed by atoms with Gasteiger partial charge in [-0.05, 0) is 6.92 Å². The molecule has 0 saturated heterocycles. The Hall–Kier alpha value is 0.0700. The first-order chi connectivity index (χ1) is 3.92. The highest BCUT2D eigenvalue weighted by molar-refractivity contribution is 7.51. The van der Waals surface area contributed by atoms with E-state index in [1.807, 2.05) is 0 Å². The van der Waals surface area contributed by atoms with Gasteiger partial charge in [-0.1, -0.05) is 0 Å². The lowest BCUT2D eigenvalue weighted by atomic mass is 10.7. The van der Waals surface area contributed by atoms with Gasteiger partial charge in [-0.3, -0.25) is 9.88 Å². The van der Waals surface area contributed by atoms with Crippen LogP contribution in [0.15, 0.2) is 0 Å². The van der Waals surface area contributed by atoms with Crippen molar-refractivity contribution in [3.63, 3.8) is 0 Å². The molecule has 0 aliphatic carbocycles. The summed E-state index contributed by atoms with van der Waals surface area (Å²) in [7, 11) is -3.99. The summed E-state index contributed by atoms with van der Waals surface area (Å²) in [5.41, 5.74) is 0. The first kappa shape index (κ1) is 9.07. The van der Waals surface area contributed by atoms with E-state index >= 15 is 0 Å². The number of aliphatic hydroxyl groups excluding tert-OH is 1. The van der Waals surface area contributed by atoms with Crippen molar-refractivity contribution in [3.05, 3.63) is 0 Å². The maximum absolute atomic E-state index is 10.1. The van der Waals surface area contributed by atoms with Crippen molar-refractivity contribution in [2.75, 3.05) is 6.29 Å². The number of aliphatic hydroxyl groups is 1. The second-order valence-corrected chi connectivity index (χ2v) is 3.35. The Bertz CT molecular complexity index is 119. The molecular weight excluding hydrogens is 145 g/mol. The summed E-state index contributed by atoms with van der Waals surface area (Å²) in [6, 6.07) is 0. The molecule has 0 radical (unpaired) electrons. The summed E-state index contributed by atoms with van der Waals surface area (Å²) in [6.45, 7) is 1.38. The molecule has 0 aromatic rings. The topological polar surface area (TPSA) is 89.8 Å². The largest absolute Gasteiger partial charge is 0.379 e. The van der Waals surface area contributed by atoms with Gasteiger partial charge in [0.1, 0.15) is 12.5 Å². The van der Waals surface area contributed by atoms with Crippen molar-refractivity contribution in [3.8, 4) is 0 Å². The van der Waals surface area contributed by atoms with Crippen molar-refractivity contribution >= 4 is 7.60 Å². The lowest BCUT2D eigenvalue weighted by molar-refractivity contribution is 0.160. The maximum Gasteiger partial charge on any atom is 0.339 e. The van der Waals surface area contributed by atoms with Crippen molar-refractivity contribution < 1.29 is 19.5 Å². The maximum atomic E-state index is 10.1. The van der Waals surface area contributed by atoms with E-state index in [2.05, 4.69) is 5.32 Å². The SMILES string of the molecule is CC(O)NCP(=O)(O)O. The highest BCUT2D eigenvalue weighted by atomic mass is 31.2. The van der Waals surface area contributed by atoms with E-state index in [1.165, 1.54) is 6.92 Å². The number of hydrogen-bond acceptors (Lipinski definition) is 3. The molecule has 1 unspecified atom stereocenters. The quantitative estimate of drug-likeness (QED) is 0.311. The van der Waals surface area contributed by atoms with E-state index in [-0.39, 0.29) is 0 Å². The summed E-state index contributed by atoms with van der Waals surface area (Å²) in [5, 5.41) is 10.6. The standard InChI is InChI=1S/C3H10NO4P/c1-3(5)4-2-9(6,7)8/h3-5H,2H2,1H3,(H2,6,7,8). The monoisotopic (exact) mass is 155 g/mol. The fourth-order valence-electron chi connectivity index (χ4n) is 0.251. The summed E-state index contributed by atoms with van der Waals surface area (Å²) in [6.07, 6.45) is -1.36. The molecule has 0 bridgehead atoms. The summed E-state index contributed by atoms with van der Waals surface area (Å²) in [5.74, 6) is 0. The number of hydrogen-bond donors (Lipinski definition) is 4. The fraction of sp³-hybridized carbons (Fsp3) is 1.00. The minimum Gasteiger partial charge on any atom is -0.379 e. The minimum absolute atomic E-state index is 0.481. The highest BCUT2D eigenvalue weighted by Crippen LogP contribution is 2.31. The first-order valence-corrected chi connectivity index (χ1v) is 4.17. The Balaban J connectivity index is 3.40. The molecule has 1 atom stereocenters. The predicted molar refractivity (Wildman–Crippen MR) is 31.7 cm³/mol. The predicted octanol–water partition coefficient (Wildman–Crippen LogP) is -0.951. The molecule has 0 amide bonds. The van der Waals surface area contributed by atoms with Gasteiger partial charge in [-0.25, -0.2) is 0 Å². The third-order valence-electron chi connectivity index (χ3n) is 0.593. The van der Waals surface area contributed by atoms with Crippen LogP contribution in [0, 0.1) is 0 Å². The van der Waals surface area contributed by atoms with Crippen molar-refractivity contribution in [2.24, 2.45) is 0 Å². The lowest BCUT2D eigenvalue weighted by Crippen LogP contribution is -2.26. The molecule has 4 N–H and O–H groups in total. The van der Waals surface area contributed by atoms with Crippen LogP contribution in [0.2, 0.25) is 0 Å². The van der Waals surface area contributed by atoms with Crippen molar-refractivity contribution in [1.82, 2.24) is 5.32 Å². The number of rotatable bonds is 3. The summed E-state index contributed by atoms with van der Waals surface area (Å²) >= 11 is 0. The number of nitrogens with one attached hydrogen (secondary N) is 1. The van der Waals surface area contributed by atoms with Gasteiger partial charge in [0.05, 0.1) is 0 Å². The van der Waals surface area contributed by atoms with Crippen molar-refractivity contribution in [1.29, 1.82) is 0 Å². The van der Waals surface area contributed by atoms with Gasteiger partial charge in [0.15, 0.2) is 0 Å². The Morgan fingerprint density at radius 1 is 1.67 bits per heavy atom. The molecule has 0 saturated carbocycles. The zero-order chi connectivity index (χ0) is 7.49. The van der Waals surface area contributed by atoms with Crippen molar-refractivity contribution in [2.45, 2.75) is 13.2 Å². The van der Waals surface area contributed by atoms with Crippen LogP contribution in [0.1, 0.15) is 6.92 Å². The molecule has 0 rings (SSSR count). The van der Waals surface area contributed by atoms with Crippen LogP contribution in [-0.4, -0.2) is 27.4 Å². The lowest BCUT2D eigenvalue weighted by Gasteiger charge is -2.07. The fourth-order valence-corrected chi connectivity index (χ4v) is 0.753. The molecule has 0 aliphatic rings. The zero-order valence-electron chi connectivity index (χ0n) is 4.98. The van der Waals surface area contributed by atoms with Crippen LogP contribution in [0.25, 0.3) is 0 Å². The van der Waals surface area contributed by atoms with E-state index in [1.54, 1.807) is 0 Å². The van der Waals surface area contributed by atoms with Gasteiger partial charge in [-0.2, -0.15) is 0 Å². The third kappa shape index (κ3) is 8.07. The smallest absolute Gasteiger partial charge is 0.339 e. The van der Waals surface area contributed by atoms with Crippen LogP contribution in [0.5, 0.6) is 0 Å². The average molecular weight is 155 g/mol. The molecule has 0 heterocycles. The molecule has 0 aromatic heterocycles. The molecule has 0 aromatic carbocycles. The Labute approximate surface area is 52.9 Å². The van der Waals surface area contributed by atoms with Gasteiger partial charge in [0, 0.05) is 0 Å². The van der Waals surface area contributed by atoms with Crippen LogP contribution in [0.4, 0.5) is 0 Å². The normalized spacial score (nSPS) is 15.6. The van der Waals surface area contributed by atoms with Crippen LogP contribution >= 0.6 is 7.60 Å². The first-order valence-electron chi connectivity index (χ1n) is 2.38. The zero-order valence-corrected chi connectivity index (χ0v) is 5.88. The van der Waals surface area contributed by atoms with Gasteiger partial charge < -0.3 is 14.9 Å². The molecule has 6 heteroatoms. The average Bonchev–Trinajstić information content (AvgIpc) is 1.59. The molecule has 5 nitrogen and oxygen atoms in total. The van der Waals surface area contributed by atoms with Crippen LogP contribution in [0.3, 0.4) is 0 Å². The molecular formula is C3H10NO4P. The molecule has 9 heavy (non-hydrogen) atoms. The van der Waals surface area contributed by atoms with Crippen LogP contribution < -0.4 is 5.32 Å². The minimum atomic E-state index is -3.99. The molecule has 56 valence electrons. The van der Waals surface area contributed by atoms with E-state index < -0.39 is 20.1 Å². The van der Waals surface area contributed by atoms with Gasteiger partial charge >= 0.3 is 7.60 Å². The highest BCUT2D eigenvalue weighted by Gasteiger charge is 2.12. The van der Waals surface area contributed by atoms with E-state index in [4.69, 9.17) is 14.9 Å². The Morgan fingerprint density at radius 2 is 2.11 bits per heavy atom. The van der Waals surface area contributed by atoms with Gasteiger partial charge in [0.2, 0.25) is 0 Å². The Morgan fingerprint density at radius 3 is 2.22 bits per heavy atom. The molecule has 0 spiro atoms. The summed E-state index contributed by atoms with van der Waals surface area (Å²) < 4.78 is 10.1. The van der Waals surface area contributed by atoms with Crippen LogP contribution in [-0.2, 0) is 4.57 Å². The van der Waals surface area contributed by atoms with E-state index in [0.717, 1.165) is 0 Å². The third-order valence-corrected chi connectivity index (χ3v) is 1.19. The van der Waals surface area contributed by atoms with E-state index in [9.17, 15) is 4.57 Å². The van der Waals surface area contributed by atoms with Gasteiger partial charge in [0.25, 0.3) is 0 Å². The second-order valence-electron chi connectivity index (χ2n) is 1.70. The molecule has 0 fully saturated rings. The Kier molecular flexibility index (Phi) is 3.32. The summed E-state index contributed by atoms with van der Waals surface area (Å²) in [4.78, 5) is 16.4. The second kappa shape index (κ2) is 3.29. The van der Waals surface area contributed by atoms with E-state index in [0.29, 0.717) is 0 Å².